The average Bonchev–Trinajstić information content (AvgIpc) is 2.70. The van der Waals surface area contributed by atoms with Gasteiger partial charge in [-0.25, -0.2) is 0 Å². The number of ether oxygens (including phenoxy) is 2. The summed E-state index contributed by atoms with van der Waals surface area (Å²) in [6.07, 6.45) is -0.534. The fourth-order valence-electron chi connectivity index (χ4n) is 2.58. The van der Waals surface area contributed by atoms with Gasteiger partial charge in [0.1, 0.15) is 0 Å². The van der Waals surface area contributed by atoms with Gasteiger partial charge in [-0.05, 0) is 5.41 Å². The van der Waals surface area contributed by atoms with Crippen molar-refractivity contribution in [1.82, 2.24) is 4.90 Å². The lowest BCUT2D eigenvalue weighted by atomic mass is 10.1. The maximum absolute atomic E-state index is 11.9. The molecule has 2 unspecified atom stereocenters. The number of fused-ring (bicyclic) bond motifs is 1. The summed E-state index contributed by atoms with van der Waals surface area (Å²) in [5.41, 5.74) is -0.152. The van der Waals surface area contributed by atoms with Crippen molar-refractivity contribution >= 4 is 11.8 Å². The van der Waals surface area contributed by atoms with E-state index in [4.69, 9.17) is 9.47 Å². The molecule has 0 aromatic carbocycles. The Hall–Kier alpha value is -0.940. The second-order valence-electron chi connectivity index (χ2n) is 4.96. The minimum Gasteiger partial charge on any atom is -0.354 e. The molecule has 2 rings (SSSR count). The van der Waals surface area contributed by atoms with Crippen molar-refractivity contribution in [2.75, 3.05) is 20.8 Å². The van der Waals surface area contributed by atoms with Gasteiger partial charge in [0.05, 0.1) is 18.4 Å². The first-order valence-electron chi connectivity index (χ1n) is 5.36. The molecule has 2 amide bonds. The molecule has 0 aromatic heterocycles. The smallest absolute Gasteiger partial charge is 0.233 e. The predicted octanol–water partition coefficient (Wildman–Crippen LogP) is 0.246. The molecule has 1 heterocycles. The van der Waals surface area contributed by atoms with Crippen LogP contribution in [0.4, 0.5) is 0 Å². The minimum absolute atomic E-state index is 0.0842. The number of imide groups is 1. The Balaban J connectivity index is 2.05. The maximum Gasteiger partial charge on any atom is 0.233 e. The van der Waals surface area contributed by atoms with Crippen molar-refractivity contribution in [2.45, 2.75) is 20.1 Å². The van der Waals surface area contributed by atoms with Crippen molar-refractivity contribution in [3.63, 3.8) is 0 Å². The quantitative estimate of drug-likeness (QED) is 0.510. The van der Waals surface area contributed by atoms with Crippen molar-refractivity contribution in [3.05, 3.63) is 0 Å². The molecule has 1 aliphatic carbocycles. The summed E-state index contributed by atoms with van der Waals surface area (Å²) in [5.74, 6) is -0.429. The largest absolute Gasteiger partial charge is 0.354 e. The molecule has 90 valence electrons. The summed E-state index contributed by atoms with van der Waals surface area (Å²) in [5, 5.41) is 0. The van der Waals surface area contributed by atoms with Gasteiger partial charge in [-0.15, -0.1) is 0 Å². The summed E-state index contributed by atoms with van der Waals surface area (Å²) < 4.78 is 9.98. The molecule has 5 nitrogen and oxygen atoms in total. The molecule has 0 radical (unpaired) electrons. The van der Waals surface area contributed by atoms with Gasteiger partial charge in [-0.1, -0.05) is 13.8 Å². The first-order chi connectivity index (χ1) is 7.45. The van der Waals surface area contributed by atoms with Gasteiger partial charge < -0.3 is 9.47 Å². The highest BCUT2D eigenvalue weighted by Gasteiger charge is 2.72. The van der Waals surface area contributed by atoms with Crippen LogP contribution < -0.4 is 0 Å². The normalized spacial score (nSPS) is 31.2. The predicted molar refractivity (Wildman–Crippen MR) is 55.3 cm³/mol. The minimum atomic E-state index is -0.534. The van der Waals surface area contributed by atoms with E-state index in [9.17, 15) is 9.59 Å². The first kappa shape index (κ1) is 11.5. The van der Waals surface area contributed by atoms with E-state index in [-0.39, 0.29) is 35.6 Å². The van der Waals surface area contributed by atoms with Crippen LogP contribution in [-0.2, 0) is 19.1 Å². The van der Waals surface area contributed by atoms with Gasteiger partial charge in [-0.2, -0.15) is 0 Å². The number of hydrogen-bond acceptors (Lipinski definition) is 4. The van der Waals surface area contributed by atoms with Crippen LogP contribution in [0.15, 0.2) is 0 Å². The summed E-state index contributed by atoms with van der Waals surface area (Å²) >= 11 is 0. The molecule has 1 saturated heterocycles. The second-order valence-corrected chi connectivity index (χ2v) is 4.96. The van der Waals surface area contributed by atoms with Gasteiger partial charge in [0.25, 0.3) is 0 Å². The van der Waals surface area contributed by atoms with Crippen molar-refractivity contribution in [2.24, 2.45) is 17.3 Å². The summed E-state index contributed by atoms with van der Waals surface area (Å²) in [6.45, 7) is 4.10. The van der Waals surface area contributed by atoms with Gasteiger partial charge in [-0.3, -0.25) is 14.5 Å². The van der Waals surface area contributed by atoms with E-state index in [0.29, 0.717) is 0 Å². The third kappa shape index (κ3) is 1.38. The summed E-state index contributed by atoms with van der Waals surface area (Å²) in [4.78, 5) is 25.1. The molecule has 2 fully saturated rings. The van der Waals surface area contributed by atoms with Crippen LogP contribution >= 0.6 is 0 Å². The van der Waals surface area contributed by atoms with E-state index in [1.165, 1.54) is 19.1 Å². The molecule has 0 spiro atoms. The molecule has 1 aliphatic heterocycles. The molecule has 16 heavy (non-hydrogen) atoms. The highest BCUT2D eigenvalue weighted by Crippen LogP contribution is 2.63. The number of piperidine rings is 1. The highest BCUT2D eigenvalue weighted by molar-refractivity contribution is 6.10. The number of methoxy groups -OCH3 is 2. The number of carbonyl (C=O) groups excluding carboxylic acids is 2. The average molecular weight is 227 g/mol. The Bertz CT molecular complexity index is 311. The Kier molecular flexibility index (Phi) is 2.55. The number of likely N-dealkylation sites (tertiary alicyclic amines) is 1. The van der Waals surface area contributed by atoms with Crippen molar-refractivity contribution in [3.8, 4) is 0 Å². The van der Waals surface area contributed by atoms with Crippen LogP contribution in [0.3, 0.4) is 0 Å². The monoisotopic (exact) mass is 227 g/mol. The zero-order valence-electron chi connectivity index (χ0n) is 10.0. The third-order valence-corrected chi connectivity index (χ3v) is 3.75. The Morgan fingerprint density at radius 3 is 2.00 bits per heavy atom. The molecule has 0 aromatic rings. The zero-order valence-corrected chi connectivity index (χ0v) is 10.0. The van der Waals surface area contributed by atoms with E-state index in [1.54, 1.807) is 0 Å². The fourth-order valence-corrected chi connectivity index (χ4v) is 2.58. The number of carbonyl (C=O) groups is 2. The summed E-state index contributed by atoms with van der Waals surface area (Å²) in [7, 11) is 2.98. The van der Waals surface area contributed by atoms with Crippen LogP contribution in [0, 0.1) is 17.3 Å². The van der Waals surface area contributed by atoms with E-state index >= 15 is 0 Å². The van der Waals surface area contributed by atoms with E-state index in [1.807, 2.05) is 13.8 Å². The van der Waals surface area contributed by atoms with E-state index in [2.05, 4.69) is 0 Å². The Labute approximate surface area is 94.7 Å². The molecule has 0 bridgehead atoms. The van der Waals surface area contributed by atoms with Crippen LogP contribution in [0.1, 0.15) is 13.8 Å². The lowest BCUT2D eigenvalue weighted by molar-refractivity contribution is -0.156. The molecular weight excluding hydrogens is 210 g/mol. The molecule has 0 N–H and O–H groups in total. The maximum atomic E-state index is 11.9. The third-order valence-electron chi connectivity index (χ3n) is 3.75. The molecule has 1 saturated carbocycles. The topological polar surface area (TPSA) is 55.8 Å². The molecular formula is C11H17NO4. The lowest BCUT2D eigenvalue weighted by Crippen LogP contribution is -2.42. The Morgan fingerprint density at radius 1 is 1.19 bits per heavy atom. The second kappa shape index (κ2) is 3.53. The number of nitrogens with zero attached hydrogens (tertiary/aromatic N) is 1. The number of hydrogen-bond donors (Lipinski definition) is 0. The first-order valence-corrected chi connectivity index (χ1v) is 5.36. The lowest BCUT2D eigenvalue weighted by Gasteiger charge is -2.24. The van der Waals surface area contributed by atoms with Gasteiger partial charge >= 0.3 is 0 Å². The summed E-state index contributed by atoms with van der Waals surface area (Å²) in [6, 6.07) is 0. The molecule has 2 atom stereocenters. The molecule has 2 aliphatic rings. The van der Waals surface area contributed by atoms with Gasteiger partial charge in [0.15, 0.2) is 6.29 Å². The van der Waals surface area contributed by atoms with E-state index in [0.717, 1.165) is 0 Å². The zero-order chi connectivity index (χ0) is 12.1. The van der Waals surface area contributed by atoms with Gasteiger partial charge in [0.2, 0.25) is 11.8 Å². The van der Waals surface area contributed by atoms with Crippen molar-refractivity contribution < 1.29 is 19.1 Å². The number of amides is 2. The van der Waals surface area contributed by atoms with Crippen LogP contribution in [-0.4, -0.2) is 43.8 Å². The van der Waals surface area contributed by atoms with Crippen LogP contribution in [0.5, 0.6) is 0 Å². The van der Waals surface area contributed by atoms with Crippen LogP contribution in [0.25, 0.3) is 0 Å². The van der Waals surface area contributed by atoms with Crippen molar-refractivity contribution in [1.29, 1.82) is 0 Å². The van der Waals surface area contributed by atoms with Crippen LogP contribution in [0.2, 0.25) is 0 Å². The van der Waals surface area contributed by atoms with Gasteiger partial charge in [0, 0.05) is 14.2 Å². The highest BCUT2D eigenvalue weighted by atomic mass is 16.7. The molecule has 5 heteroatoms. The number of rotatable bonds is 4. The van der Waals surface area contributed by atoms with E-state index < -0.39 is 6.29 Å². The fraction of sp³-hybridized carbons (Fsp3) is 0.818. The Morgan fingerprint density at radius 2 is 1.62 bits per heavy atom. The SMILES string of the molecule is COC(CN1C(=O)C2C(C1=O)C2(C)C)OC. The standard InChI is InChI=1S/C11H17NO4/c1-11(2)7-8(11)10(14)12(9(7)13)5-6(15-3)16-4/h6-8H,5H2,1-4H3.